The number of benzene rings is 1. The molecule has 0 aliphatic heterocycles. The number of unbranched alkanes of at least 4 members (excludes halogenated alkanes) is 2. The fourth-order valence-electron chi connectivity index (χ4n) is 3.42. The van der Waals surface area contributed by atoms with Crippen LogP contribution < -0.4 is 0 Å². The van der Waals surface area contributed by atoms with Gasteiger partial charge in [0.15, 0.2) is 5.69 Å². The Bertz CT molecular complexity index is 708. The van der Waals surface area contributed by atoms with Crippen molar-refractivity contribution in [3.05, 3.63) is 52.6 Å². The molecule has 0 spiro atoms. The number of amides is 1. The number of H-pyrrole nitrogens is 1. The first-order chi connectivity index (χ1) is 12.2. The molecule has 134 valence electrons. The van der Waals surface area contributed by atoms with E-state index in [4.69, 9.17) is 0 Å². The van der Waals surface area contributed by atoms with Gasteiger partial charge in [-0.3, -0.25) is 9.89 Å². The molecule has 1 amide bonds. The van der Waals surface area contributed by atoms with Crippen molar-refractivity contribution in [2.24, 2.45) is 0 Å². The summed E-state index contributed by atoms with van der Waals surface area (Å²) in [6, 6.07) is 6.38. The lowest BCUT2D eigenvalue weighted by molar-refractivity contribution is 0.0733. The summed E-state index contributed by atoms with van der Waals surface area (Å²) < 4.78 is 13.1. The van der Waals surface area contributed by atoms with E-state index >= 15 is 0 Å². The van der Waals surface area contributed by atoms with E-state index in [1.807, 2.05) is 4.90 Å². The van der Waals surface area contributed by atoms with Crippen LogP contribution in [-0.4, -0.2) is 27.5 Å². The van der Waals surface area contributed by atoms with E-state index in [1.165, 1.54) is 12.1 Å². The van der Waals surface area contributed by atoms with Crippen molar-refractivity contribution in [2.75, 3.05) is 6.54 Å². The second-order valence-electron chi connectivity index (χ2n) is 6.80. The number of halogens is 1. The first-order valence-electron chi connectivity index (χ1n) is 9.29. The Morgan fingerprint density at radius 2 is 1.96 bits per heavy atom. The van der Waals surface area contributed by atoms with Crippen LogP contribution in [0, 0.1) is 5.82 Å². The lowest BCUT2D eigenvalue weighted by Gasteiger charge is -2.23. The second-order valence-corrected chi connectivity index (χ2v) is 6.80. The van der Waals surface area contributed by atoms with Crippen LogP contribution in [0.5, 0.6) is 0 Å². The molecule has 1 aromatic heterocycles. The molecule has 25 heavy (non-hydrogen) atoms. The molecule has 1 aliphatic carbocycles. The quantitative estimate of drug-likeness (QED) is 0.764. The zero-order valence-corrected chi connectivity index (χ0v) is 14.9. The number of aromatic amines is 1. The minimum absolute atomic E-state index is 0.0140. The predicted octanol–water partition coefficient (Wildman–Crippen LogP) is 4.26. The second kappa shape index (κ2) is 8.28. The number of nitrogens with zero attached hydrogens (tertiary/aromatic N) is 2. The molecule has 0 unspecified atom stereocenters. The highest BCUT2D eigenvalue weighted by Crippen LogP contribution is 2.24. The molecule has 0 bridgehead atoms. The van der Waals surface area contributed by atoms with Gasteiger partial charge in [-0.15, -0.1) is 0 Å². The molecule has 2 aromatic rings. The monoisotopic (exact) mass is 343 g/mol. The number of fused-ring (bicyclic) bond motifs is 1. The van der Waals surface area contributed by atoms with Crippen LogP contribution in [0.1, 0.15) is 66.3 Å². The highest BCUT2D eigenvalue weighted by molar-refractivity contribution is 5.94. The Labute approximate surface area is 148 Å². The molecular formula is C20H26FN3O. The number of hydrogen-bond acceptors (Lipinski definition) is 2. The average molecular weight is 343 g/mol. The summed E-state index contributed by atoms with van der Waals surface area (Å²) in [7, 11) is 0. The number of rotatable bonds is 7. The van der Waals surface area contributed by atoms with Crippen LogP contribution in [-0.2, 0) is 19.4 Å². The Kier molecular flexibility index (Phi) is 5.84. The zero-order chi connectivity index (χ0) is 17.6. The van der Waals surface area contributed by atoms with Gasteiger partial charge in [0.25, 0.3) is 5.91 Å². The van der Waals surface area contributed by atoms with Crippen molar-refractivity contribution in [3.8, 4) is 0 Å². The maximum Gasteiger partial charge on any atom is 0.274 e. The molecule has 0 saturated carbocycles. The molecule has 0 atom stereocenters. The van der Waals surface area contributed by atoms with E-state index < -0.39 is 0 Å². The summed E-state index contributed by atoms with van der Waals surface area (Å²) in [4.78, 5) is 15.0. The van der Waals surface area contributed by atoms with E-state index in [0.29, 0.717) is 18.8 Å². The van der Waals surface area contributed by atoms with Gasteiger partial charge in [0, 0.05) is 24.3 Å². The fourth-order valence-corrected chi connectivity index (χ4v) is 3.42. The lowest BCUT2D eigenvalue weighted by atomic mass is 9.95. The average Bonchev–Trinajstić information content (AvgIpc) is 3.06. The number of carbonyl (C=O) groups is 1. The van der Waals surface area contributed by atoms with Crippen molar-refractivity contribution in [1.82, 2.24) is 15.1 Å². The maximum absolute atomic E-state index is 13.1. The molecule has 0 fully saturated rings. The van der Waals surface area contributed by atoms with Crippen LogP contribution in [0.15, 0.2) is 24.3 Å². The molecule has 3 rings (SSSR count). The number of nitrogens with one attached hydrogen (secondary N) is 1. The van der Waals surface area contributed by atoms with Gasteiger partial charge in [0.1, 0.15) is 5.82 Å². The molecular weight excluding hydrogens is 317 g/mol. The zero-order valence-electron chi connectivity index (χ0n) is 14.9. The van der Waals surface area contributed by atoms with Crippen molar-refractivity contribution in [1.29, 1.82) is 0 Å². The normalized spacial score (nSPS) is 13.5. The van der Waals surface area contributed by atoms with Crippen molar-refractivity contribution >= 4 is 5.91 Å². The van der Waals surface area contributed by atoms with Gasteiger partial charge in [-0.2, -0.15) is 5.10 Å². The molecule has 1 aliphatic rings. The van der Waals surface area contributed by atoms with Crippen LogP contribution in [0.2, 0.25) is 0 Å². The molecule has 1 N–H and O–H groups in total. The van der Waals surface area contributed by atoms with Crippen molar-refractivity contribution in [3.63, 3.8) is 0 Å². The van der Waals surface area contributed by atoms with E-state index in [1.54, 1.807) is 12.1 Å². The summed E-state index contributed by atoms with van der Waals surface area (Å²) in [5.41, 5.74) is 3.73. The third-order valence-electron chi connectivity index (χ3n) is 4.86. The van der Waals surface area contributed by atoms with E-state index in [9.17, 15) is 9.18 Å². The number of hydrogen-bond donors (Lipinski definition) is 1. The topological polar surface area (TPSA) is 49.0 Å². The number of aromatic nitrogens is 2. The molecule has 5 heteroatoms. The Balaban J connectivity index is 1.78. The molecule has 1 heterocycles. The van der Waals surface area contributed by atoms with Gasteiger partial charge in [0.05, 0.1) is 0 Å². The third kappa shape index (κ3) is 4.27. The Morgan fingerprint density at radius 1 is 1.20 bits per heavy atom. The molecule has 0 saturated heterocycles. The maximum atomic E-state index is 13.1. The number of aryl methyl sites for hydroxylation is 1. The van der Waals surface area contributed by atoms with E-state index in [2.05, 4.69) is 17.1 Å². The van der Waals surface area contributed by atoms with Gasteiger partial charge in [-0.05, 0) is 49.8 Å². The molecule has 0 radical (unpaired) electrons. The predicted molar refractivity (Wildman–Crippen MR) is 95.9 cm³/mol. The third-order valence-corrected chi connectivity index (χ3v) is 4.86. The molecule has 1 aromatic carbocycles. The van der Waals surface area contributed by atoms with E-state index in [-0.39, 0.29) is 11.7 Å². The minimum Gasteiger partial charge on any atom is -0.333 e. The summed E-state index contributed by atoms with van der Waals surface area (Å²) in [6.45, 7) is 3.34. The Morgan fingerprint density at radius 3 is 2.72 bits per heavy atom. The van der Waals surface area contributed by atoms with Crippen molar-refractivity contribution < 1.29 is 9.18 Å². The Hall–Kier alpha value is -2.17. The van der Waals surface area contributed by atoms with Gasteiger partial charge in [0.2, 0.25) is 0 Å². The fraction of sp³-hybridized carbons (Fsp3) is 0.500. The van der Waals surface area contributed by atoms with Gasteiger partial charge in [-0.25, -0.2) is 4.39 Å². The standard InChI is InChI=1S/C20H26FN3O/c1-2-3-6-13-24(14-15-9-11-16(21)12-10-15)20(25)19-17-7-4-5-8-18(17)22-23-19/h9-12H,2-8,13-14H2,1H3,(H,22,23). The SMILES string of the molecule is CCCCCN(Cc1ccc(F)cc1)C(=O)c1n[nH]c2c1CCCC2. The molecule has 4 nitrogen and oxygen atoms in total. The van der Waals surface area contributed by atoms with Gasteiger partial charge in [-0.1, -0.05) is 31.9 Å². The van der Waals surface area contributed by atoms with Gasteiger partial charge < -0.3 is 4.90 Å². The lowest BCUT2D eigenvalue weighted by Crippen LogP contribution is -2.32. The highest BCUT2D eigenvalue weighted by atomic mass is 19.1. The highest BCUT2D eigenvalue weighted by Gasteiger charge is 2.25. The first kappa shape index (κ1) is 17.6. The van der Waals surface area contributed by atoms with E-state index in [0.717, 1.165) is 61.8 Å². The number of carbonyl (C=O) groups excluding carboxylic acids is 1. The largest absolute Gasteiger partial charge is 0.333 e. The smallest absolute Gasteiger partial charge is 0.274 e. The van der Waals surface area contributed by atoms with Crippen molar-refractivity contribution in [2.45, 2.75) is 58.4 Å². The van der Waals surface area contributed by atoms with Crippen LogP contribution in [0.3, 0.4) is 0 Å². The minimum atomic E-state index is -0.256. The van der Waals surface area contributed by atoms with Crippen LogP contribution in [0.25, 0.3) is 0 Å². The summed E-state index contributed by atoms with van der Waals surface area (Å²) in [5.74, 6) is -0.270. The first-order valence-corrected chi connectivity index (χ1v) is 9.29. The van der Waals surface area contributed by atoms with Gasteiger partial charge >= 0.3 is 0 Å². The summed E-state index contributed by atoms with van der Waals surface area (Å²) in [5, 5.41) is 7.38. The van der Waals surface area contributed by atoms with Crippen LogP contribution in [0.4, 0.5) is 4.39 Å². The summed E-state index contributed by atoms with van der Waals surface area (Å²) >= 11 is 0. The summed E-state index contributed by atoms with van der Waals surface area (Å²) in [6.07, 6.45) is 7.33. The van der Waals surface area contributed by atoms with Crippen LogP contribution >= 0.6 is 0 Å².